The van der Waals surface area contributed by atoms with Crippen LogP contribution >= 0.6 is 0 Å². The van der Waals surface area contributed by atoms with E-state index >= 15 is 0 Å². The highest BCUT2D eigenvalue weighted by Crippen LogP contribution is 2.18. The summed E-state index contributed by atoms with van der Waals surface area (Å²) >= 11 is 0. The van der Waals surface area contributed by atoms with Crippen LogP contribution in [-0.4, -0.2) is 63.0 Å². The molecule has 33 heavy (non-hydrogen) atoms. The molecule has 9 heteroatoms. The van der Waals surface area contributed by atoms with Gasteiger partial charge in [-0.15, -0.1) is 0 Å². The second kappa shape index (κ2) is 11.3. The van der Waals surface area contributed by atoms with Crippen LogP contribution in [0.25, 0.3) is 0 Å². The Morgan fingerprint density at radius 3 is 2.18 bits per heavy atom. The maximum Gasteiger partial charge on any atom is 0.409 e. The van der Waals surface area contributed by atoms with Gasteiger partial charge in [0.25, 0.3) is 0 Å². The summed E-state index contributed by atoms with van der Waals surface area (Å²) < 4.78 is 33.1. The van der Waals surface area contributed by atoms with Gasteiger partial charge in [0.1, 0.15) is 0 Å². The molecule has 1 aliphatic rings. The smallest absolute Gasteiger partial charge is 0.409 e. The van der Waals surface area contributed by atoms with Crippen molar-refractivity contribution in [3.63, 3.8) is 0 Å². The molecule has 178 valence electrons. The molecule has 0 radical (unpaired) electrons. The van der Waals surface area contributed by atoms with Crippen molar-refractivity contribution in [2.45, 2.75) is 37.6 Å². The van der Waals surface area contributed by atoms with Crippen molar-refractivity contribution in [2.24, 2.45) is 0 Å². The molecule has 3 rings (SSSR count). The summed E-state index contributed by atoms with van der Waals surface area (Å²) in [6, 6.07) is 15.7. The second-order valence-corrected chi connectivity index (χ2v) is 9.68. The molecule has 1 fully saturated rings. The van der Waals surface area contributed by atoms with Crippen LogP contribution in [0.1, 0.15) is 37.4 Å². The second-order valence-electron chi connectivity index (χ2n) is 7.96. The van der Waals surface area contributed by atoms with Gasteiger partial charge in [-0.05, 0) is 43.5 Å². The van der Waals surface area contributed by atoms with Crippen LogP contribution in [-0.2, 0) is 26.0 Å². The molecule has 8 nitrogen and oxygen atoms in total. The third-order valence-corrected chi connectivity index (χ3v) is 7.21. The summed E-state index contributed by atoms with van der Waals surface area (Å²) in [6.07, 6.45) is 0.507. The van der Waals surface area contributed by atoms with E-state index in [0.29, 0.717) is 45.6 Å². The standard InChI is InChI=1S/C24H31N3O5S/c1-3-32-24(29)27-17-15-26(16-18-27)23(28)14-11-20-9-12-22(13-10-20)33(30,31)25-19(2)21-7-5-4-6-8-21/h4-10,12-13,19,25H,3,11,14-18H2,1-2H3/t19-/m1/s1. The molecule has 0 unspecified atom stereocenters. The maximum atomic E-state index is 12.7. The lowest BCUT2D eigenvalue weighted by molar-refractivity contribution is -0.132. The van der Waals surface area contributed by atoms with Crippen LogP contribution in [0.3, 0.4) is 0 Å². The van der Waals surface area contributed by atoms with Gasteiger partial charge in [0, 0.05) is 38.6 Å². The van der Waals surface area contributed by atoms with Crippen LogP contribution in [0.2, 0.25) is 0 Å². The normalized spacial score (nSPS) is 15.2. The molecular weight excluding hydrogens is 442 g/mol. The van der Waals surface area contributed by atoms with E-state index in [2.05, 4.69) is 4.72 Å². The van der Waals surface area contributed by atoms with E-state index in [9.17, 15) is 18.0 Å². The lowest BCUT2D eigenvalue weighted by Crippen LogP contribution is -2.50. The number of benzene rings is 2. The number of nitrogens with one attached hydrogen (secondary N) is 1. The molecule has 1 atom stereocenters. The SMILES string of the molecule is CCOC(=O)N1CCN(C(=O)CCc2ccc(S(=O)(=O)N[C@H](C)c3ccccc3)cc2)CC1. The van der Waals surface area contributed by atoms with E-state index in [1.807, 2.05) is 30.3 Å². The number of carbonyl (C=O) groups is 2. The highest BCUT2D eigenvalue weighted by molar-refractivity contribution is 7.89. The minimum Gasteiger partial charge on any atom is -0.450 e. The minimum atomic E-state index is -3.66. The van der Waals surface area contributed by atoms with Crippen molar-refractivity contribution in [2.75, 3.05) is 32.8 Å². The topological polar surface area (TPSA) is 96.0 Å². The third kappa shape index (κ3) is 6.79. The number of carbonyl (C=O) groups excluding carboxylic acids is 2. The molecule has 2 aromatic carbocycles. The lowest BCUT2D eigenvalue weighted by atomic mass is 10.1. The molecule has 0 aliphatic carbocycles. The number of rotatable bonds is 8. The lowest BCUT2D eigenvalue weighted by Gasteiger charge is -2.34. The summed E-state index contributed by atoms with van der Waals surface area (Å²) in [5, 5.41) is 0. The quantitative estimate of drug-likeness (QED) is 0.636. The van der Waals surface area contributed by atoms with E-state index in [1.54, 1.807) is 47.9 Å². The van der Waals surface area contributed by atoms with E-state index in [1.165, 1.54) is 0 Å². The molecule has 0 spiro atoms. The largest absolute Gasteiger partial charge is 0.450 e. The number of amides is 2. The first-order valence-corrected chi connectivity index (χ1v) is 12.6. The number of sulfonamides is 1. The van der Waals surface area contributed by atoms with Crippen LogP contribution in [0.5, 0.6) is 0 Å². The Kier molecular flexibility index (Phi) is 8.46. The van der Waals surface area contributed by atoms with Crippen molar-refractivity contribution < 1.29 is 22.7 Å². The van der Waals surface area contributed by atoms with Gasteiger partial charge >= 0.3 is 6.09 Å². The Bertz CT molecular complexity index is 1030. The fraction of sp³-hybridized carbons (Fsp3) is 0.417. The molecule has 1 heterocycles. The van der Waals surface area contributed by atoms with Gasteiger partial charge in [0.05, 0.1) is 11.5 Å². The van der Waals surface area contributed by atoms with E-state index in [-0.39, 0.29) is 22.9 Å². The van der Waals surface area contributed by atoms with Crippen LogP contribution in [0.15, 0.2) is 59.5 Å². The number of piperazine rings is 1. The predicted octanol–water partition coefficient (Wildman–Crippen LogP) is 2.96. The highest BCUT2D eigenvalue weighted by atomic mass is 32.2. The predicted molar refractivity (Wildman–Crippen MR) is 125 cm³/mol. The Balaban J connectivity index is 1.49. The zero-order chi connectivity index (χ0) is 23.8. The van der Waals surface area contributed by atoms with Crippen molar-refractivity contribution in [1.82, 2.24) is 14.5 Å². The molecule has 2 amide bonds. The minimum absolute atomic E-state index is 0.0218. The summed E-state index contributed by atoms with van der Waals surface area (Å²) in [4.78, 5) is 27.9. The molecule has 1 N–H and O–H groups in total. The first-order chi connectivity index (χ1) is 15.8. The van der Waals surface area contributed by atoms with Gasteiger partial charge in [-0.3, -0.25) is 4.79 Å². The fourth-order valence-corrected chi connectivity index (χ4v) is 4.94. The summed E-state index contributed by atoms with van der Waals surface area (Å²) in [5.41, 5.74) is 1.78. The third-order valence-electron chi connectivity index (χ3n) is 5.65. The Labute approximate surface area is 195 Å². The van der Waals surface area contributed by atoms with Gasteiger partial charge in [0.2, 0.25) is 15.9 Å². The number of hydrogen-bond acceptors (Lipinski definition) is 5. The van der Waals surface area contributed by atoms with Crippen molar-refractivity contribution in [3.8, 4) is 0 Å². The Morgan fingerprint density at radius 1 is 0.970 bits per heavy atom. The number of nitrogens with zero attached hydrogens (tertiary/aromatic N) is 2. The van der Waals surface area contributed by atoms with Gasteiger partial charge in [-0.1, -0.05) is 42.5 Å². The molecule has 1 saturated heterocycles. The highest BCUT2D eigenvalue weighted by Gasteiger charge is 2.24. The zero-order valence-electron chi connectivity index (χ0n) is 19.1. The number of aryl methyl sites for hydroxylation is 1. The van der Waals surface area contributed by atoms with E-state index < -0.39 is 10.0 Å². The van der Waals surface area contributed by atoms with E-state index in [4.69, 9.17) is 4.74 Å². The van der Waals surface area contributed by atoms with Crippen LogP contribution < -0.4 is 4.72 Å². The monoisotopic (exact) mass is 473 g/mol. The summed E-state index contributed by atoms with van der Waals surface area (Å²) in [5.74, 6) is 0.0218. The first kappa shape index (κ1) is 24.7. The molecule has 0 bridgehead atoms. The molecule has 2 aromatic rings. The van der Waals surface area contributed by atoms with E-state index in [0.717, 1.165) is 11.1 Å². The van der Waals surface area contributed by atoms with Gasteiger partial charge in [-0.25, -0.2) is 17.9 Å². The maximum absolute atomic E-state index is 12.7. The first-order valence-electron chi connectivity index (χ1n) is 11.2. The zero-order valence-corrected chi connectivity index (χ0v) is 19.9. The van der Waals surface area contributed by atoms with Gasteiger partial charge in [0.15, 0.2) is 0 Å². The average Bonchev–Trinajstić information content (AvgIpc) is 2.83. The van der Waals surface area contributed by atoms with Gasteiger partial charge < -0.3 is 14.5 Å². The molecule has 1 aliphatic heterocycles. The molecule has 0 saturated carbocycles. The number of hydrogen-bond donors (Lipinski definition) is 1. The fourth-order valence-electron chi connectivity index (χ4n) is 3.71. The van der Waals surface area contributed by atoms with Crippen molar-refractivity contribution in [1.29, 1.82) is 0 Å². The Morgan fingerprint density at radius 2 is 1.58 bits per heavy atom. The summed E-state index contributed by atoms with van der Waals surface area (Å²) in [7, 11) is -3.66. The molecular formula is C24H31N3O5S. The van der Waals surface area contributed by atoms with Crippen molar-refractivity contribution >= 4 is 22.0 Å². The Hall–Kier alpha value is -2.91. The summed E-state index contributed by atoms with van der Waals surface area (Å²) in [6.45, 7) is 5.80. The van der Waals surface area contributed by atoms with Gasteiger partial charge in [-0.2, -0.15) is 0 Å². The van der Waals surface area contributed by atoms with Crippen LogP contribution in [0, 0.1) is 0 Å². The average molecular weight is 474 g/mol. The van der Waals surface area contributed by atoms with Crippen molar-refractivity contribution in [3.05, 3.63) is 65.7 Å². The number of ether oxygens (including phenoxy) is 1. The van der Waals surface area contributed by atoms with Crippen LogP contribution in [0.4, 0.5) is 4.79 Å². The molecule has 0 aromatic heterocycles.